The van der Waals surface area contributed by atoms with Crippen LogP contribution in [0.25, 0.3) is 0 Å². The van der Waals surface area contributed by atoms with Gasteiger partial charge in [-0.2, -0.15) is 0 Å². The number of hydrogen-bond acceptors (Lipinski definition) is 6. The molecule has 0 bridgehead atoms. The summed E-state index contributed by atoms with van der Waals surface area (Å²) in [5.41, 5.74) is -0.00255. The molecule has 0 aliphatic carbocycles. The van der Waals surface area contributed by atoms with E-state index in [2.05, 4.69) is 0 Å². The van der Waals surface area contributed by atoms with Crippen LogP contribution in [0, 0.1) is 5.92 Å². The van der Waals surface area contributed by atoms with E-state index in [-0.39, 0.29) is 36.0 Å². The van der Waals surface area contributed by atoms with E-state index in [0.717, 1.165) is 0 Å². The van der Waals surface area contributed by atoms with Crippen molar-refractivity contribution in [2.75, 3.05) is 40.5 Å². The first-order valence-electron chi connectivity index (χ1n) is 10.8. The largest absolute Gasteiger partial charge is 0.497 e. The van der Waals surface area contributed by atoms with Crippen LogP contribution >= 0.6 is 0 Å². The number of ether oxygens (including phenoxy) is 3. The molecule has 2 amide bonds. The van der Waals surface area contributed by atoms with Gasteiger partial charge in [-0.1, -0.05) is 0 Å². The van der Waals surface area contributed by atoms with Crippen LogP contribution in [-0.2, 0) is 14.3 Å². The molecule has 31 heavy (non-hydrogen) atoms. The number of fused-ring (bicyclic) bond motifs is 1. The van der Waals surface area contributed by atoms with Crippen LogP contribution in [0.3, 0.4) is 0 Å². The smallest absolute Gasteiger partial charge is 0.227 e. The number of carbonyl (C=O) groups excluding carboxylic acids is 3. The third kappa shape index (κ3) is 4.13. The molecule has 2 fully saturated rings. The first-order chi connectivity index (χ1) is 14.9. The van der Waals surface area contributed by atoms with Gasteiger partial charge in [0.1, 0.15) is 17.1 Å². The lowest BCUT2D eigenvalue weighted by molar-refractivity contribution is -0.139. The molecule has 2 saturated heterocycles. The summed E-state index contributed by atoms with van der Waals surface area (Å²) < 4.78 is 16.7. The fraction of sp³-hybridized carbons (Fsp3) is 0.609. The van der Waals surface area contributed by atoms with E-state index in [4.69, 9.17) is 14.2 Å². The lowest BCUT2D eigenvalue weighted by Gasteiger charge is -2.44. The Morgan fingerprint density at radius 3 is 2.68 bits per heavy atom. The van der Waals surface area contributed by atoms with Crippen molar-refractivity contribution in [2.24, 2.45) is 5.92 Å². The fourth-order valence-corrected chi connectivity index (χ4v) is 4.93. The third-order valence-electron chi connectivity index (χ3n) is 6.73. The summed E-state index contributed by atoms with van der Waals surface area (Å²) in [6.45, 7) is 3.86. The highest BCUT2D eigenvalue weighted by Gasteiger charge is 2.45. The normalized spacial score (nSPS) is 23.5. The fourth-order valence-electron chi connectivity index (χ4n) is 4.93. The van der Waals surface area contributed by atoms with Crippen LogP contribution in [0.2, 0.25) is 0 Å². The van der Waals surface area contributed by atoms with Gasteiger partial charge in [0.05, 0.1) is 37.7 Å². The van der Waals surface area contributed by atoms with Gasteiger partial charge in [0.25, 0.3) is 0 Å². The SMILES string of the molecule is COC[C@H](C)N1C[C@H](C(=O)N2CCC3(CC2)CC(=O)c2ccc(OC)cc2O3)CC1=O. The highest BCUT2D eigenvalue weighted by atomic mass is 16.5. The number of amides is 2. The first-order valence-corrected chi connectivity index (χ1v) is 10.8. The minimum atomic E-state index is -0.586. The van der Waals surface area contributed by atoms with Gasteiger partial charge in [0.2, 0.25) is 11.8 Å². The molecule has 1 aromatic rings. The second-order valence-electron chi connectivity index (χ2n) is 8.82. The van der Waals surface area contributed by atoms with Gasteiger partial charge in [-0.3, -0.25) is 14.4 Å². The Hall–Kier alpha value is -2.61. The van der Waals surface area contributed by atoms with Gasteiger partial charge in [0.15, 0.2) is 5.78 Å². The van der Waals surface area contributed by atoms with Gasteiger partial charge in [-0.25, -0.2) is 0 Å². The van der Waals surface area contributed by atoms with Crippen molar-refractivity contribution in [1.82, 2.24) is 9.80 Å². The average Bonchev–Trinajstić information content (AvgIpc) is 3.15. The number of rotatable bonds is 5. The lowest BCUT2D eigenvalue weighted by atomic mass is 9.82. The summed E-state index contributed by atoms with van der Waals surface area (Å²) in [7, 11) is 3.19. The predicted octanol–water partition coefficient (Wildman–Crippen LogP) is 1.90. The summed E-state index contributed by atoms with van der Waals surface area (Å²) >= 11 is 0. The van der Waals surface area contributed by atoms with Crippen molar-refractivity contribution in [1.29, 1.82) is 0 Å². The van der Waals surface area contributed by atoms with Crippen molar-refractivity contribution < 1.29 is 28.6 Å². The maximum absolute atomic E-state index is 13.1. The second kappa shape index (κ2) is 8.49. The molecule has 8 nitrogen and oxygen atoms in total. The molecule has 0 aromatic heterocycles. The molecule has 1 spiro atoms. The molecule has 1 aromatic carbocycles. The second-order valence-corrected chi connectivity index (χ2v) is 8.82. The molecule has 8 heteroatoms. The predicted molar refractivity (Wildman–Crippen MR) is 112 cm³/mol. The molecule has 0 N–H and O–H groups in total. The third-order valence-corrected chi connectivity index (χ3v) is 6.73. The van der Waals surface area contributed by atoms with E-state index >= 15 is 0 Å². The molecule has 4 rings (SSSR count). The number of piperidine rings is 1. The van der Waals surface area contributed by atoms with Crippen molar-refractivity contribution in [3.05, 3.63) is 23.8 Å². The van der Waals surface area contributed by atoms with Crippen molar-refractivity contribution in [3.8, 4) is 11.5 Å². The van der Waals surface area contributed by atoms with Crippen LogP contribution in [-0.4, -0.2) is 79.5 Å². The standard InChI is InChI=1S/C23H30N2O6/c1-15(14-29-2)25-13-16(10-21(25)27)22(28)24-8-6-23(7-9-24)12-19(26)18-5-4-17(30-3)11-20(18)31-23/h4-5,11,15-16H,6-10,12-14H2,1-3H3/t15-,16+/m0/s1. The quantitative estimate of drug-likeness (QED) is 0.709. The lowest BCUT2D eigenvalue weighted by Crippen LogP contribution is -2.53. The van der Waals surface area contributed by atoms with E-state index in [1.807, 2.05) is 11.8 Å². The van der Waals surface area contributed by atoms with Crippen molar-refractivity contribution in [3.63, 3.8) is 0 Å². The topological polar surface area (TPSA) is 85.4 Å². The monoisotopic (exact) mass is 430 g/mol. The molecular weight excluding hydrogens is 400 g/mol. The maximum atomic E-state index is 13.1. The van der Waals surface area contributed by atoms with Gasteiger partial charge in [-0.05, 0) is 19.1 Å². The van der Waals surface area contributed by atoms with Crippen molar-refractivity contribution in [2.45, 2.75) is 44.2 Å². The molecule has 3 aliphatic rings. The number of likely N-dealkylation sites (tertiary alicyclic amines) is 2. The Kier molecular flexibility index (Phi) is 5.92. The van der Waals surface area contributed by atoms with Crippen LogP contribution < -0.4 is 9.47 Å². The van der Waals surface area contributed by atoms with Crippen molar-refractivity contribution >= 4 is 17.6 Å². The van der Waals surface area contributed by atoms with Crippen LogP contribution in [0.1, 0.15) is 43.0 Å². The Bertz CT molecular complexity index is 877. The number of Topliss-reactive ketones (excluding diaryl/α,β-unsaturated/α-hetero) is 1. The summed E-state index contributed by atoms with van der Waals surface area (Å²) in [4.78, 5) is 41.7. The van der Waals surface area contributed by atoms with Crippen LogP contribution in [0.4, 0.5) is 0 Å². The van der Waals surface area contributed by atoms with E-state index < -0.39 is 5.60 Å². The number of hydrogen-bond donors (Lipinski definition) is 0. The first kappa shape index (κ1) is 21.6. The van der Waals surface area contributed by atoms with Gasteiger partial charge < -0.3 is 24.0 Å². The van der Waals surface area contributed by atoms with Gasteiger partial charge >= 0.3 is 0 Å². The molecule has 0 unspecified atom stereocenters. The van der Waals surface area contributed by atoms with E-state index in [9.17, 15) is 14.4 Å². The molecule has 0 radical (unpaired) electrons. The summed E-state index contributed by atoms with van der Waals surface area (Å²) in [5, 5.41) is 0. The molecule has 3 aliphatic heterocycles. The number of carbonyl (C=O) groups is 3. The average molecular weight is 431 g/mol. The Morgan fingerprint density at radius 1 is 1.26 bits per heavy atom. The minimum absolute atomic E-state index is 0.00291. The van der Waals surface area contributed by atoms with E-state index in [1.165, 1.54) is 0 Å². The Balaban J connectivity index is 1.39. The number of benzene rings is 1. The van der Waals surface area contributed by atoms with E-state index in [1.54, 1.807) is 37.3 Å². The zero-order valence-electron chi connectivity index (χ0n) is 18.4. The highest BCUT2D eigenvalue weighted by molar-refractivity contribution is 6.00. The zero-order valence-corrected chi connectivity index (χ0v) is 18.4. The highest BCUT2D eigenvalue weighted by Crippen LogP contribution is 2.41. The number of nitrogens with zero attached hydrogens (tertiary/aromatic N) is 2. The summed E-state index contributed by atoms with van der Waals surface area (Å²) in [6.07, 6.45) is 1.74. The maximum Gasteiger partial charge on any atom is 0.227 e. The summed E-state index contributed by atoms with van der Waals surface area (Å²) in [6, 6.07) is 5.22. The molecule has 3 heterocycles. The molecule has 0 saturated carbocycles. The zero-order chi connectivity index (χ0) is 22.2. The molecule has 168 valence electrons. The van der Waals surface area contributed by atoms with Crippen LogP contribution in [0.5, 0.6) is 11.5 Å². The Labute approximate surface area is 182 Å². The Morgan fingerprint density at radius 2 is 2.00 bits per heavy atom. The molecule has 2 atom stereocenters. The number of methoxy groups -OCH3 is 2. The molecular formula is C23H30N2O6. The number of ketones is 1. The van der Waals surface area contributed by atoms with Gasteiger partial charge in [0, 0.05) is 52.1 Å². The van der Waals surface area contributed by atoms with Crippen LogP contribution in [0.15, 0.2) is 18.2 Å². The summed E-state index contributed by atoms with van der Waals surface area (Å²) in [5.74, 6) is 0.962. The minimum Gasteiger partial charge on any atom is -0.497 e. The van der Waals surface area contributed by atoms with Gasteiger partial charge in [-0.15, -0.1) is 0 Å². The van der Waals surface area contributed by atoms with E-state index in [0.29, 0.717) is 62.6 Å².